The Morgan fingerprint density at radius 3 is 2.20 bits per heavy atom. The molecule has 0 atom stereocenters. The summed E-state index contributed by atoms with van der Waals surface area (Å²) in [5.41, 5.74) is 0. The molecule has 0 unspecified atom stereocenters. The Morgan fingerprint density at radius 1 is 1.20 bits per heavy atom. The first-order valence-corrected chi connectivity index (χ1v) is 3.00. The first-order valence-electron chi connectivity index (χ1n) is 3.00. The maximum atomic E-state index is 11.4. The van der Waals surface area contributed by atoms with E-state index in [4.69, 9.17) is 0 Å². The zero-order valence-electron chi connectivity index (χ0n) is 5.58. The number of halogens is 3. The topological polar surface area (TPSA) is 9.23 Å². The Bertz CT molecular complexity index is 79.6. The van der Waals surface area contributed by atoms with Crippen LogP contribution in [-0.4, -0.2) is 12.8 Å². The predicted molar refractivity (Wildman–Crippen MR) is 31.2 cm³/mol. The van der Waals surface area contributed by atoms with Gasteiger partial charge < -0.3 is 4.74 Å². The maximum absolute atomic E-state index is 11.4. The van der Waals surface area contributed by atoms with Crippen molar-refractivity contribution < 1.29 is 17.9 Å². The van der Waals surface area contributed by atoms with Gasteiger partial charge >= 0.3 is 6.18 Å². The molecule has 0 bridgehead atoms. The summed E-state index contributed by atoms with van der Waals surface area (Å²) in [4.78, 5) is 0. The molecular formula is C6H10F3O. The van der Waals surface area contributed by atoms with Crippen LogP contribution in [0.25, 0.3) is 0 Å². The normalized spacial score (nSPS) is 12.0. The molecule has 0 aliphatic rings. The zero-order chi connectivity index (χ0) is 8.04. The molecule has 1 nitrogen and oxygen atoms in total. The van der Waals surface area contributed by atoms with Crippen molar-refractivity contribution in [3.8, 4) is 0 Å². The van der Waals surface area contributed by atoms with Gasteiger partial charge in [-0.25, -0.2) is 0 Å². The highest BCUT2D eigenvalue weighted by Crippen LogP contribution is 2.21. The van der Waals surface area contributed by atoms with Gasteiger partial charge in [-0.15, -0.1) is 0 Å². The summed E-state index contributed by atoms with van der Waals surface area (Å²) in [5.74, 6) is 0. The zero-order valence-corrected chi connectivity index (χ0v) is 5.58. The highest BCUT2D eigenvalue weighted by atomic mass is 19.4. The molecule has 10 heavy (non-hydrogen) atoms. The summed E-state index contributed by atoms with van der Waals surface area (Å²) < 4.78 is 38.6. The lowest BCUT2D eigenvalue weighted by Gasteiger charge is -2.04. The number of ether oxygens (including phenoxy) is 1. The van der Waals surface area contributed by atoms with Crippen LogP contribution in [0.3, 0.4) is 0 Å². The van der Waals surface area contributed by atoms with E-state index in [1.165, 1.54) is 0 Å². The first-order chi connectivity index (χ1) is 4.56. The number of alkyl halides is 3. The molecule has 0 heterocycles. The standard InChI is InChI=1S/C6H10F3O/c1-10-5-3-2-4-6(7,8)9/h1-5H2. The van der Waals surface area contributed by atoms with Crippen LogP contribution in [0.1, 0.15) is 19.3 Å². The van der Waals surface area contributed by atoms with Gasteiger partial charge in [0.25, 0.3) is 0 Å². The van der Waals surface area contributed by atoms with E-state index in [-0.39, 0.29) is 6.42 Å². The number of hydrogen-bond acceptors (Lipinski definition) is 1. The van der Waals surface area contributed by atoms with Crippen LogP contribution in [0.15, 0.2) is 0 Å². The van der Waals surface area contributed by atoms with Crippen molar-refractivity contribution in [3.63, 3.8) is 0 Å². The summed E-state index contributed by atoms with van der Waals surface area (Å²) in [6, 6.07) is 0. The van der Waals surface area contributed by atoms with Crippen LogP contribution in [0.2, 0.25) is 0 Å². The molecule has 0 aromatic rings. The van der Waals surface area contributed by atoms with Crippen molar-refractivity contribution in [2.24, 2.45) is 0 Å². The molecule has 0 fully saturated rings. The van der Waals surface area contributed by atoms with Crippen LogP contribution in [-0.2, 0) is 4.74 Å². The van der Waals surface area contributed by atoms with Crippen LogP contribution < -0.4 is 0 Å². The van der Waals surface area contributed by atoms with Crippen molar-refractivity contribution in [2.45, 2.75) is 25.4 Å². The van der Waals surface area contributed by atoms with E-state index >= 15 is 0 Å². The molecule has 4 heteroatoms. The van der Waals surface area contributed by atoms with Crippen molar-refractivity contribution in [2.75, 3.05) is 6.61 Å². The molecule has 0 saturated carbocycles. The van der Waals surface area contributed by atoms with Crippen molar-refractivity contribution in [3.05, 3.63) is 7.11 Å². The number of hydrogen-bond donors (Lipinski definition) is 0. The Balaban J connectivity index is 3.04. The molecule has 0 aliphatic carbocycles. The molecule has 1 radical (unpaired) electrons. The Kier molecular flexibility index (Phi) is 4.43. The minimum atomic E-state index is -4.03. The average molecular weight is 155 g/mol. The van der Waals surface area contributed by atoms with E-state index in [9.17, 15) is 13.2 Å². The fraction of sp³-hybridized carbons (Fsp3) is 0.833. The van der Waals surface area contributed by atoms with E-state index in [0.717, 1.165) is 0 Å². The quantitative estimate of drug-likeness (QED) is 0.567. The predicted octanol–water partition coefficient (Wildman–Crippen LogP) is 2.53. The molecule has 0 N–H and O–H groups in total. The molecule has 0 aliphatic heterocycles. The molecule has 0 aromatic heterocycles. The molecule has 0 rings (SSSR count). The van der Waals surface area contributed by atoms with Crippen LogP contribution >= 0.6 is 0 Å². The summed E-state index contributed by atoms with van der Waals surface area (Å²) in [5, 5.41) is 0. The van der Waals surface area contributed by atoms with E-state index < -0.39 is 12.6 Å². The fourth-order valence-corrected chi connectivity index (χ4v) is 0.530. The highest BCUT2D eigenvalue weighted by Gasteiger charge is 2.25. The minimum Gasteiger partial charge on any atom is -0.379 e. The van der Waals surface area contributed by atoms with Crippen LogP contribution in [0, 0.1) is 7.11 Å². The first kappa shape index (κ1) is 9.75. The SMILES string of the molecule is [CH2]OCCCCC(F)(F)F. The van der Waals surface area contributed by atoms with Gasteiger partial charge in [-0.05, 0) is 12.8 Å². The van der Waals surface area contributed by atoms with E-state index in [0.29, 0.717) is 13.0 Å². The van der Waals surface area contributed by atoms with Gasteiger partial charge in [0, 0.05) is 13.0 Å². The summed E-state index contributed by atoms with van der Waals surface area (Å²) in [6.07, 6.45) is -4.21. The van der Waals surface area contributed by atoms with Gasteiger partial charge in [-0.3, -0.25) is 0 Å². The van der Waals surface area contributed by atoms with Crippen LogP contribution in [0.5, 0.6) is 0 Å². The van der Waals surface area contributed by atoms with Gasteiger partial charge in [0.2, 0.25) is 0 Å². The summed E-state index contributed by atoms with van der Waals surface area (Å²) >= 11 is 0. The van der Waals surface area contributed by atoms with Crippen molar-refractivity contribution >= 4 is 0 Å². The fourth-order valence-electron chi connectivity index (χ4n) is 0.530. The number of rotatable bonds is 4. The maximum Gasteiger partial charge on any atom is 0.389 e. The summed E-state index contributed by atoms with van der Waals surface area (Å²) in [7, 11) is 3.04. The monoisotopic (exact) mass is 155 g/mol. The van der Waals surface area contributed by atoms with Gasteiger partial charge in [0.05, 0.1) is 7.11 Å². The van der Waals surface area contributed by atoms with Crippen LogP contribution in [0.4, 0.5) is 13.2 Å². The molecule has 0 aromatic carbocycles. The minimum absolute atomic E-state index is 0.124. The second kappa shape index (κ2) is 4.55. The molecule has 0 saturated heterocycles. The third-order valence-electron chi connectivity index (χ3n) is 0.999. The third kappa shape index (κ3) is 7.75. The molecule has 0 spiro atoms. The van der Waals surface area contributed by atoms with E-state index in [1.807, 2.05) is 0 Å². The average Bonchev–Trinajstić information content (AvgIpc) is 1.78. The Hall–Kier alpha value is -0.250. The van der Waals surface area contributed by atoms with Crippen molar-refractivity contribution in [1.29, 1.82) is 0 Å². The summed E-state index contributed by atoms with van der Waals surface area (Å²) in [6.45, 7) is 0.302. The lowest BCUT2D eigenvalue weighted by molar-refractivity contribution is -0.135. The molecule has 61 valence electrons. The van der Waals surface area contributed by atoms with Gasteiger partial charge in [0.1, 0.15) is 0 Å². The third-order valence-corrected chi connectivity index (χ3v) is 0.999. The highest BCUT2D eigenvalue weighted by molar-refractivity contribution is 4.50. The van der Waals surface area contributed by atoms with Gasteiger partial charge in [-0.2, -0.15) is 13.2 Å². The lowest BCUT2D eigenvalue weighted by Crippen LogP contribution is -2.06. The molecule has 0 amide bonds. The smallest absolute Gasteiger partial charge is 0.379 e. The second-order valence-corrected chi connectivity index (χ2v) is 1.98. The lowest BCUT2D eigenvalue weighted by atomic mass is 10.2. The second-order valence-electron chi connectivity index (χ2n) is 1.98. The van der Waals surface area contributed by atoms with E-state index in [2.05, 4.69) is 11.8 Å². The van der Waals surface area contributed by atoms with Gasteiger partial charge in [-0.1, -0.05) is 0 Å². The van der Waals surface area contributed by atoms with E-state index in [1.54, 1.807) is 0 Å². The largest absolute Gasteiger partial charge is 0.389 e. The Morgan fingerprint density at radius 2 is 1.80 bits per heavy atom. The van der Waals surface area contributed by atoms with Crippen molar-refractivity contribution in [1.82, 2.24) is 0 Å². The number of unbranched alkanes of at least 4 members (excludes halogenated alkanes) is 1. The van der Waals surface area contributed by atoms with Gasteiger partial charge in [0.15, 0.2) is 0 Å². The molecular weight excluding hydrogens is 145 g/mol. The Labute approximate surface area is 58.2 Å².